The Hall–Kier alpha value is -2.89. The highest BCUT2D eigenvalue weighted by molar-refractivity contribution is 6.25. The van der Waals surface area contributed by atoms with E-state index in [1.807, 2.05) is 30.3 Å². The number of barbiturate groups is 1. The predicted octanol–water partition coefficient (Wildman–Crippen LogP) is 1.92. The molecule has 1 N–H and O–H groups in total. The Morgan fingerprint density at radius 3 is 2.45 bits per heavy atom. The molecule has 0 atom stereocenters. The monoisotopic (exact) mass is 270 g/mol. The van der Waals surface area contributed by atoms with Gasteiger partial charge in [0.05, 0.1) is 0 Å². The van der Waals surface area contributed by atoms with Crippen LogP contribution in [0.4, 0.5) is 10.7 Å². The van der Waals surface area contributed by atoms with Gasteiger partial charge in [0, 0.05) is 11.6 Å². The minimum Gasteiger partial charge on any atom is -0.440 e. The zero-order chi connectivity index (χ0) is 14.1. The average Bonchev–Trinajstić information content (AvgIpc) is 2.88. The fourth-order valence-corrected chi connectivity index (χ4v) is 1.98. The fraction of sp³-hybridized carbons (Fsp3) is 0.0714. The van der Waals surface area contributed by atoms with Crippen molar-refractivity contribution in [3.05, 3.63) is 42.5 Å². The molecule has 0 radical (unpaired) electrons. The van der Waals surface area contributed by atoms with Gasteiger partial charge in [-0.05, 0) is 6.07 Å². The molecule has 1 saturated heterocycles. The van der Waals surface area contributed by atoms with Gasteiger partial charge in [0.25, 0.3) is 0 Å². The number of furan rings is 1. The van der Waals surface area contributed by atoms with Crippen molar-refractivity contribution in [1.82, 2.24) is 5.32 Å². The third-order valence-corrected chi connectivity index (χ3v) is 2.88. The Labute approximate surface area is 114 Å². The van der Waals surface area contributed by atoms with Crippen LogP contribution in [0.15, 0.2) is 46.9 Å². The Bertz CT molecular complexity index is 670. The van der Waals surface area contributed by atoms with Crippen molar-refractivity contribution in [2.24, 2.45) is 0 Å². The van der Waals surface area contributed by atoms with Gasteiger partial charge in [0.1, 0.15) is 12.2 Å². The van der Waals surface area contributed by atoms with Crippen LogP contribution in [0.5, 0.6) is 0 Å². The molecular formula is C14H10N2O4. The summed E-state index contributed by atoms with van der Waals surface area (Å²) in [7, 11) is 0. The van der Waals surface area contributed by atoms with Gasteiger partial charge in [0.2, 0.25) is 17.7 Å². The number of hydrogen-bond donors (Lipinski definition) is 1. The van der Waals surface area contributed by atoms with Crippen molar-refractivity contribution < 1.29 is 18.8 Å². The summed E-state index contributed by atoms with van der Waals surface area (Å²) in [5, 5.41) is 2.07. The molecule has 3 rings (SSSR count). The van der Waals surface area contributed by atoms with Crippen LogP contribution >= 0.6 is 0 Å². The molecule has 2 aromatic rings. The van der Waals surface area contributed by atoms with E-state index in [4.69, 9.17) is 4.42 Å². The van der Waals surface area contributed by atoms with Crippen LogP contribution in [0.25, 0.3) is 11.3 Å². The van der Waals surface area contributed by atoms with Gasteiger partial charge in [-0.3, -0.25) is 14.9 Å². The summed E-state index contributed by atoms with van der Waals surface area (Å²) in [4.78, 5) is 35.3. The molecule has 4 amide bonds. The summed E-state index contributed by atoms with van der Waals surface area (Å²) in [6.07, 6.45) is -0.368. The van der Waals surface area contributed by atoms with Crippen molar-refractivity contribution in [2.45, 2.75) is 6.42 Å². The minimum absolute atomic E-state index is 0.0962. The molecule has 100 valence electrons. The van der Waals surface area contributed by atoms with E-state index >= 15 is 0 Å². The predicted molar refractivity (Wildman–Crippen MR) is 69.8 cm³/mol. The van der Waals surface area contributed by atoms with Crippen LogP contribution in [-0.2, 0) is 9.59 Å². The molecule has 1 aliphatic rings. The van der Waals surface area contributed by atoms with Crippen LogP contribution in [0.1, 0.15) is 6.42 Å². The van der Waals surface area contributed by atoms with Gasteiger partial charge >= 0.3 is 6.03 Å². The third-order valence-electron chi connectivity index (χ3n) is 2.88. The Kier molecular flexibility index (Phi) is 2.83. The largest absolute Gasteiger partial charge is 0.440 e. The molecule has 1 fully saturated rings. The van der Waals surface area contributed by atoms with Crippen molar-refractivity contribution in [3.8, 4) is 11.3 Å². The molecule has 1 aromatic heterocycles. The quantitative estimate of drug-likeness (QED) is 0.845. The molecule has 1 aliphatic heterocycles. The Balaban J connectivity index is 1.92. The number of carbonyl (C=O) groups excluding carboxylic acids is 3. The summed E-state index contributed by atoms with van der Waals surface area (Å²) < 4.78 is 5.52. The maximum Gasteiger partial charge on any atom is 0.337 e. The van der Waals surface area contributed by atoms with E-state index in [0.717, 1.165) is 10.5 Å². The van der Waals surface area contributed by atoms with Crippen molar-refractivity contribution in [2.75, 3.05) is 4.90 Å². The number of nitrogens with zero attached hydrogens (tertiary/aromatic N) is 1. The zero-order valence-electron chi connectivity index (χ0n) is 10.3. The van der Waals surface area contributed by atoms with Gasteiger partial charge in [-0.2, -0.15) is 4.90 Å². The second-order valence-electron chi connectivity index (χ2n) is 4.26. The van der Waals surface area contributed by atoms with E-state index in [2.05, 4.69) is 5.32 Å². The first-order chi connectivity index (χ1) is 9.65. The highest BCUT2D eigenvalue weighted by atomic mass is 16.4. The van der Waals surface area contributed by atoms with Crippen molar-refractivity contribution >= 4 is 23.7 Å². The molecule has 0 spiro atoms. The van der Waals surface area contributed by atoms with E-state index in [1.165, 1.54) is 6.07 Å². The second kappa shape index (κ2) is 4.65. The standard InChI is InChI=1S/C14H10N2O4/c17-11-8-12(18)16(14(19)15-11)13-7-6-10(20-13)9-4-2-1-3-5-9/h1-7H,8H2,(H,15,17,19). The van der Waals surface area contributed by atoms with Crippen LogP contribution in [0.2, 0.25) is 0 Å². The number of amides is 4. The lowest BCUT2D eigenvalue weighted by Gasteiger charge is -2.21. The third kappa shape index (κ3) is 2.07. The minimum atomic E-state index is -0.791. The summed E-state index contributed by atoms with van der Waals surface area (Å²) in [6.45, 7) is 0. The number of anilines is 1. The highest BCUT2D eigenvalue weighted by Gasteiger charge is 2.34. The second-order valence-corrected chi connectivity index (χ2v) is 4.26. The highest BCUT2D eigenvalue weighted by Crippen LogP contribution is 2.28. The summed E-state index contributed by atoms with van der Waals surface area (Å²) in [5.41, 5.74) is 0.833. The molecule has 0 unspecified atom stereocenters. The number of hydrogen-bond acceptors (Lipinski definition) is 4. The average molecular weight is 270 g/mol. The molecule has 6 heteroatoms. The number of rotatable bonds is 2. The summed E-state index contributed by atoms with van der Waals surface area (Å²) >= 11 is 0. The first kappa shape index (κ1) is 12.2. The number of imide groups is 2. The maximum atomic E-state index is 11.7. The lowest BCUT2D eigenvalue weighted by molar-refractivity contribution is -0.128. The summed E-state index contributed by atoms with van der Waals surface area (Å²) in [5.74, 6) is -0.573. The Morgan fingerprint density at radius 1 is 1.00 bits per heavy atom. The number of urea groups is 1. The maximum absolute atomic E-state index is 11.7. The topological polar surface area (TPSA) is 79.6 Å². The molecule has 1 aromatic carbocycles. The molecule has 2 heterocycles. The van der Waals surface area contributed by atoms with Crippen LogP contribution < -0.4 is 10.2 Å². The van der Waals surface area contributed by atoms with Gasteiger partial charge in [-0.1, -0.05) is 30.3 Å². The first-order valence-electron chi connectivity index (χ1n) is 5.97. The van der Waals surface area contributed by atoms with E-state index < -0.39 is 17.8 Å². The first-order valence-corrected chi connectivity index (χ1v) is 5.97. The molecular weight excluding hydrogens is 260 g/mol. The Morgan fingerprint density at radius 2 is 1.75 bits per heavy atom. The fourth-order valence-electron chi connectivity index (χ4n) is 1.98. The lowest BCUT2D eigenvalue weighted by atomic mass is 10.2. The van der Waals surface area contributed by atoms with Crippen LogP contribution in [-0.4, -0.2) is 17.8 Å². The molecule has 0 bridgehead atoms. The van der Waals surface area contributed by atoms with Crippen LogP contribution in [0.3, 0.4) is 0 Å². The van der Waals surface area contributed by atoms with Gasteiger partial charge in [-0.15, -0.1) is 0 Å². The molecule has 6 nitrogen and oxygen atoms in total. The lowest BCUT2D eigenvalue weighted by Crippen LogP contribution is -2.52. The van der Waals surface area contributed by atoms with Gasteiger partial charge in [-0.25, -0.2) is 4.79 Å². The number of benzene rings is 1. The number of nitrogens with one attached hydrogen (secondary N) is 1. The SMILES string of the molecule is O=C1CC(=O)N(c2ccc(-c3ccccc3)o2)C(=O)N1. The van der Waals surface area contributed by atoms with E-state index in [0.29, 0.717) is 5.76 Å². The van der Waals surface area contributed by atoms with Crippen molar-refractivity contribution in [3.63, 3.8) is 0 Å². The van der Waals surface area contributed by atoms with E-state index in [1.54, 1.807) is 6.07 Å². The summed E-state index contributed by atoms with van der Waals surface area (Å²) in [6, 6.07) is 11.7. The smallest absolute Gasteiger partial charge is 0.337 e. The van der Waals surface area contributed by atoms with Gasteiger partial charge in [0.15, 0.2) is 0 Å². The zero-order valence-corrected chi connectivity index (χ0v) is 10.3. The van der Waals surface area contributed by atoms with E-state index in [-0.39, 0.29) is 12.3 Å². The van der Waals surface area contributed by atoms with Crippen LogP contribution in [0, 0.1) is 0 Å². The molecule has 20 heavy (non-hydrogen) atoms. The van der Waals surface area contributed by atoms with Crippen molar-refractivity contribution in [1.29, 1.82) is 0 Å². The molecule has 0 saturated carbocycles. The van der Waals surface area contributed by atoms with E-state index in [9.17, 15) is 14.4 Å². The molecule has 0 aliphatic carbocycles. The normalized spacial score (nSPS) is 15.4. The van der Waals surface area contributed by atoms with Gasteiger partial charge < -0.3 is 4.42 Å². The number of carbonyl (C=O) groups is 3.